The summed E-state index contributed by atoms with van der Waals surface area (Å²) >= 11 is 0. The summed E-state index contributed by atoms with van der Waals surface area (Å²) < 4.78 is 10.4. The van der Waals surface area contributed by atoms with Crippen molar-refractivity contribution in [3.05, 3.63) is 29.3 Å². The van der Waals surface area contributed by atoms with Crippen molar-refractivity contribution < 1.29 is 14.3 Å². The minimum Gasteiger partial charge on any atom is -0.493 e. The van der Waals surface area contributed by atoms with Crippen molar-refractivity contribution in [3.63, 3.8) is 0 Å². The maximum absolute atomic E-state index is 11.6. The van der Waals surface area contributed by atoms with Crippen molar-refractivity contribution in [1.29, 1.82) is 0 Å². The van der Waals surface area contributed by atoms with Gasteiger partial charge in [-0.1, -0.05) is 6.07 Å². The number of fused-ring (bicyclic) bond motifs is 1. The molecule has 3 N–H and O–H groups in total. The Labute approximate surface area is 113 Å². The molecule has 0 saturated heterocycles. The van der Waals surface area contributed by atoms with E-state index < -0.39 is 0 Å². The van der Waals surface area contributed by atoms with Gasteiger partial charge in [0.2, 0.25) is 5.91 Å². The van der Waals surface area contributed by atoms with E-state index in [0.29, 0.717) is 6.61 Å². The van der Waals surface area contributed by atoms with Crippen LogP contribution < -0.4 is 15.8 Å². The van der Waals surface area contributed by atoms with E-state index in [9.17, 15) is 4.79 Å². The smallest absolute Gasteiger partial charge is 0.246 e. The molecule has 0 spiro atoms. The summed E-state index contributed by atoms with van der Waals surface area (Å²) in [5.41, 5.74) is 7.92. The van der Waals surface area contributed by atoms with Crippen molar-refractivity contribution in [2.24, 2.45) is 5.73 Å². The number of hydrogen-bond donors (Lipinski definition) is 2. The maximum atomic E-state index is 11.6. The molecule has 1 aliphatic heterocycles. The van der Waals surface area contributed by atoms with E-state index >= 15 is 0 Å². The normalized spacial score (nSPS) is 19.2. The molecule has 1 amide bonds. The molecule has 1 aromatic carbocycles. The quantitative estimate of drug-likeness (QED) is 0.859. The van der Waals surface area contributed by atoms with Crippen molar-refractivity contribution in [2.45, 2.75) is 25.4 Å². The molecule has 1 aromatic rings. The summed E-state index contributed by atoms with van der Waals surface area (Å²) in [6, 6.07) is 5.82. The number of rotatable bonds is 4. The van der Waals surface area contributed by atoms with Crippen molar-refractivity contribution in [2.75, 3.05) is 20.3 Å². The second-order valence-corrected chi connectivity index (χ2v) is 4.78. The predicted octanol–water partition coefficient (Wildman–Crippen LogP) is 1.29. The van der Waals surface area contributed by atoms with Gasteiger partial charge in [0.15, 0.2) is 0 Å². The molecule has 5 nitrogen and oxygen atoms in total. The van der Waals surface area contributed by atoms with Gasteiger partial charge in [-0.3, -0.25) is 4.79 Å². The molecule has 5 heteroatoms. The van der Waals surface area contributed by atoms with Crippen LogP contribution in [-0.2, 0) is 9.53 Å². The number of methoxy groups -OCH3 is 1. The van der Waals surface area contributed by atoms with Gasteiger partial charge in [-0.25, -0.2) is 0 Å². The van der Waals surface area contributed by atoms with Gasteiger partial charge in [0.05, 0.1) is 12.6 Å². The minimum absolute atomic E-state index is 0.0369. The zero-order valence-corrected chi connectivity index (χ0v) is 11.3. The number of nitrogens with two attached hydrogens (primary N) is 1. The molecule has 0 fully saturated rings. The van der Waals surface area contributed by atoms with E-state index in [4.69, 9.17) is 15.2 Å². The summed E-state index contributed by atoms with van der Waals surface area (Å²) in [5, 5.41) is 2.96. The van der Waals surface area contributed by atoms with E-state index in [1.165, 1.54) is 7.11 Å². The number of ether oxygens (including phenoxy) is 2. The van der Waals surface area contributed by atoms with Gasteiger partial charge in [-0.2, -0.15) is 0 Å². The molecule has 2 rings (SSSR count). The third-order valence-corrected chi connectivity index (χ3v) is 3.21. The Morgan fingerprint density at radius 3 is 3.11 bits per heavy atom. The molecule has 2 unspecified atom stereocenters. The summed E-state index contributed by atoms with van der Waals surface area (Å²) in [4.78, 5) is 11.6. The highest BCUT2D eigenvalue weighted by atomic mass is 16.5. The number of amides is 1. The molecular formula is C14H20N2O3. The highest BCUT2D eigenvalue weighted by Crippen LogP contribution is 2.33. The number of benzene rings is 1. The first-order valence-corrected chi connectivity index (χ1v) is 6.42. The van der Waals surface area contributed by atoms with Gasteiger partial charge >= 0.3 is 0 Å². The van der Waals surface area contributed by atoms with Crippen LogP contribution in [0.5, 0.6) is 5.75 Å². The van der Waals surface area contributed by atoms with Crippen molar-refractivity contribution in [1.82, 2.24) is 5.32 Å². The number of carbonyl (C=O) groups is 1. The first kappa shape index (κ1) is 13.8. The van der Waals surface area contributed by atoms with Gasteiger partial charge in [-0.05, 0) is 24.6 Å². The fraction of sp³-hybridized carbons (Fsp3) is 0.500. The second kappa shape index (κ2) is 6.04. The molecule has 1 heterocycles. The van der Waals surface area contributed by atoms with Gasteiger partial charge in [0.1, 0.15) is 12.4 Å². The Balaban J connectivity index is 2.21. The SMILES string of the molecule is COCC(=O)NC1CCOc2ccc(C(C)N)cc21. The lowest BCUT2D eigenvalue weighted by Crippen LogP contribution is -2.34. The van der Waals surface area contributed by atoms with Gasteiger partial charge in [0.25, 0.3) is 0 Å². The lowest BCUT2D eigenvalue weighted by Gasteiger charge is -2.27. The Morgan fingerprint density at radius 2 is 2.42 bits per heavy atom. The first-order chi connectivity index (χ1) is 9.11. The van der Waals surface area contributed by atoms with Gasteiger partial charge in [0, 0.05) is 25.1 Å². The molecule has 1 aliphatic rings. The molecule has 104 valence electrons. The lowest BCUT2D eigenvalue weighted by molar-refractivity contribution is -0.125. The van der Waals surface area contributed by atoms with Crippen molar-refractivity contribution >= 4 is 5.91 Å². The fourth-order valence-electron chi connectivity index (χ4n) is 2.21. The molecule has 0 radical (unpaired) electrons. The predicted molar refractivity (Wildman–Crippen MR) is 71.9 cm³/mol. The van der Waals surface area contributed by atoms with E-state index in [2.05, 4.69) is 5.32 Å². The number of nitrogens with one attached hydrogen (secondary N) is 1. The second-order valence-electron chi connectivity index (χ2n) is 4.78. The molecule has 0 saturated carbocycles. The molecular weight excluding hydrogens is 244 g/mol. The number of carbonyl (C=O) groups excluding carboxylic acids is 1. The monoisotopic (exact) mass is 264 g/mol. The summed E-state index contributed by atoms with van der Waals surface area (Å²) in [7, 11) is 1.51. The third kappa shape index (κ3) is 3.24. The highest BCUT2D eigenvalue weighted by Gasteiger charge is 2.23. The van der Waals surface area contributed by atoms with Gasteiger partial charge in [-0.15, -0.1) is 0 Å². The fourth-order valence-corrected chi connectivity index (χ4v) is 2.21. The average Bonchev–Trinajstić information content (AvgIpc) is 2.38. The van der Waals surface area contributed by atoms with Crippen LogP contribution in [0.3, 0.4) is 0 Å². The number of hydrogen-bond acceptors (Lipinski definition) is 4. The van der Waals surface area contributed by atoms with Crippen LogP contribution in [0.2, 0.25) is 0 Å². The minimum atomic E-state index is -0.119. The zero-order chi connectivity index (χ0) is 13.8. The van der Waals surface area contributed by atoms with Crippen LogP contribution >= 0.6 is 0 Å². The van der Waals surface area contributed by atoms with Crippen LogP contribution in [0.15, 0.2) is 18.2 Å². The van der Waals surface area contributed by atoms with Crippen LogP contribution in [0.1, 0.15) is 36.6 Å². The topological polar surface area (TPSA) is 73.6 Å². The standard InChI is InChI=1S/C14H20N2O3/c1-9(15)10-3-4-13-11(7-10)12(5-6-19-13)16-14(17)8-18-2/h3-4,7,9,12H,5-6,8,15H2,1-2H3,(H,16,17). The van der Waals surface area contributed by atoms with Crippen LogP contribution in [0, 0.1) is 0 Å². The molecule has 0 aromatic heterocycles. The molecule has 19 heavy (non-hydrogen) atoms. The molecule has 2 atom stereocenters. The summed E-state index contributed by atoms with van der Waals surface area (Å²) in [6.45, 7) is 2.60. The maximum Gasteiger partial charge on any atom is 0.246 e. The van der Waals surface area contributed by atoms with E-state index in [1.54, 1.807) is 0 Å². The van der Waals surface area contributed by atoms with Crippen LogP contribution in [-0.4, -0.2) is 26.2 Å². The molecule has 0 aliphatic carbocycles. The van der Waals surface area contributed by atoms with Crippen molar-refractivity contribution in [3.8, 4) is 5.75 Å². The average molecular weight is 264 g/mol. The highest BCUT2D eigenvalue weighted by molar-refractivity contribution is 5.77. The first-order valence-electron chi connectivity index (χ1n) is 6.42. The van der Waals surface area contributed by atoms with E-state index in [-0.39, 0.29) is 24.6 Å². The van der Waals surface area contributed by atoms with Gasteiger partial charge < -0.3 is 20.5 Å². The van der Waals surface area contributed by atoms with E-state index in [1.807, 2.05) is 25.1 Å². The Hall–Kier alpha value is -1.59. The Bertz CT molecular complexity index is 460. The van der Waals surface area contributed by atoms with Crippen LogP contribution in [0.4, 0.5) is 0 Å². The third-order valence-electron chi connectivity index (χ3n) is 3.21. The lowest BCUT2D eigenvalue weighted by atomic mass is 9.96. The largest absolute Gasteiger partial charge is 0.493 e. The Kier molecular flexibility index (Phi) is 4.39. The Morgan fingerprint density at radius 1 is 1.63 bits per heavy atom. The summed E-state index contributed by atoms with van der Waals surface area (Å²) in [6.07, 6.45) is 0.755. The summed E-state index contributed by atoms with van der Waals surface area (Å²) in [5.74, 6) is 0.699. The zero-order valence-electron chi connectivity index (χ0n) is 11.3. The molecule has 0 bridgehead atoms. The van der Waals surface area contributed by atoms with E-state index in [0.717, 1.165) is 23.3 Å². The van der Waals surface area contributed by atoms with Crippen LogP contribution in [0.25, 0.3) is 0 Å².